The first-order valence-electron chi connectivity index (χ1n) is 10.6. The molecule has 0 aliphatic heterocycles. The number of para-hydroxylation sites is 2. The van der Waals surface area contributed by atoms with Crippen LogP contribution in [-0.2, 0) is 0 Å². The Hall–Kier alpha value is -3.28. The van der Waals surface area contributed by atoms with Crippen LogP contribution in [0.2, 0.25) is 0 Å². The Labute approximate surface area is 208 Å². The zero-order valence-electron chi connectivity index (χ0n) is 17.4. The van der Waals surface area contributed by atoms with Crippen molar-refractivity contribution in [1.29, 1.82) is 0 Å². The number of fused-ring (bicyclic) bond motifs is 3. The van der Waals surface area contributed by atoms with Gasteiger partial charge in [-0.25, -0.2) is 9.97 Å². The molecular weight excluding hydrogens is 538 g/mol. The lowest BCUT2D eigenvalue weighted by Crippen LogP contribution is -2.02. The van der Waals surface area contributed by atoms with Gasteiger partial charge in [-0.15, -0.1) is 0 Å². The van der Waals surface area contributed by atoms with E-state index in [9.17, 15) is 0 Å². The number of rotatable bonds is 3. The molecule has 3 nitrogen and oxygen atoms in total. The van der Waals surface area contributed by atoms with Gasteiger partial charge in [-0.05, 0) is 30.3 Å². The zero-order chi connectivity index (χ0) is 22.4. The fourth-order valence-electron chi connectivity index (χ4n) is 4.28. The molecule has 0 aliphatic carbocycles. The van der Waals surface area contributed by atoms with E-state index in [0.717, 1.165) is 42.6 Å². The summed E-state index contributed by atoms with van der Waals surface area (Å²) < 4.78 is 4.21. The van der Waals surface area contributed by atoms with Gasteiger partial charge in [0.15, 0.2) is 5.82 Å². The lowest BCUT2D eigenvalue weighted by Gasteiger charge is -2.12. The smallest absolute Gasteiger partial charge is 0.162 e. The number of benzene rings is 4. The molecule has 0 saturated heterocycles. The Bertz CT molecular complexity index is 1560. The minimum atomic E-state index is 0.695. The van der Waals surface area contributed by atoms with E-state index in [1.165, 1.54) is 10.8 Å². The predicted molar refractivity (Wildman–Crippen MR) is 143 cm³/mol. The van der Waals surface area contributed by atoms with Crippen molar-refractivity contribution in [3.8, 4) is 28.5 Å². The molecule has 0 fully saturated rings. The fourth-order valence-corrected chi connectivity index (χ4v) is 5.58. The number of aromatic nitrogens is 3. The van der Waals surface area contributed by atoms with Gasteiger partial charge < -0.3 is 0 Å². The van der Waals surface area contributed by atoms with Crippen molar-refractivity contribution in [2.24, 2.45) is 0 Å². The van der Waals surface area contributed by atoms with E-state index in [1.54, 1.807) is 0 Å². The van der Waals surface area contributed by atoms with Crippen LogP contribution in [0, 0.1) is 0 Å². The second-order valence-electron chi connectivity index (χ2n) is 7.83. The Morgan fingerprint density at radius 2 is 1.12 bits per heavy atom. The minimum Gasteiger partial charge on any atom is -0.294 e. The van der Waals surface area contributed by atoms with E-state index >= 15 is 0 Å². The summed E-state index contributed by atoms with van der Waals surface area (Å²) in [6.07, 6.45) is 0. The number of halogens is 2. The van der Waals surface area contributed by atoms with Crippen LogP contribution >= 0.6 is 31.9 Å². The third kappa shape index (κ3) is 3.67. The third-order valence-electron chi connectivity index (χ3n) is 5.71. The molecule has 2 heterocycles. The third-order valence-corrected chi connectivity index (χ3v) is 6.63. The van der Waals surface area contributed by atoms with Crippen molar-refractivity contribution in [2.75, 3.05) is 0 Å². The first-order chi connectivity index (χ1) is 16.2. The summed E-state index contributed by atoms with van der Waals surface area (Å²) >= 11 is 7.23. The number of hydrogen-bond acceptors (Lipinski definition) is 2. The van der Waals surface area contributed by atoms with Gasteiger partial charge in [-0.1, -0.05) is 98.6 Å². The van der Waals surface area contributed by atoms with Crippen molar-refractivity contribution in [2.45, 2.75) is 0 Å². The molecule has 6 rings (SSSR count). The molecule has 5 heteroatoms. The van der Waals surface area contributed by atoms with Gasteiger partial charge in [0.1, 0.15) is 5.82 Å². The van der Waals surface area contributed by atoms with Crippen molar-refractivity contribution in [3.05, 3.63) is 112 Å². The molecule has 0 N–H and O–H groups in total. The summed E-state index contributed by atoms with van der Waals surface area (Å²) in [6.45, 7) is 0. The summed E-state index contributed by atoms with van der Waals surface area (Å²) in [5, 5.41) is 2.42. The van der Waals surface area contributed by atoms with E-state index in [1.807, 2.05) is 36.4 Å². The Morgan fingerprint density at radius 1 is 0.545 bits per heavy atom. The monoisotopic (exact) mass is 553 g/mol. The predicted octanol–water partition coefficient (Wildman–Crippen LogP) is 8.43. The van der Waals surface area contributed by atoms with Gasteiger partial charge >= 0.3 is 0 Å². The van der Waals surface area contributed by atoms with Crippen molar-refractivity contribution in [1.82, 2.24) is 14.5 Å². The molecule has 158 valence electrons. The van der Waals surface area contributed by atoms with E-state index < -0.39 is 0 Å². The quantitative estimate of drug-likeness (QED) is 0.220. The average molecular weight is 555 g/mol. The summed E-state index contributed by atoms with van der Waals surface area (Å²) in [5.74, 6) is 1.54. The minimum absolute atomic E-state index is 0.695. The highest BCUT2D eigenvalue weighted by Crippen LogP contribution is 2.34. The first kappa shape index (κ1) is 20.3. The molecule has 0 aliphatic rings. The van der Waals surface area contributed by atoms with Crippen LogP contribution in [0.5, 0.6) is 0 Å². The molecule has 0 spiro atoms. The van der Waals surface area contributed by atoms with Gasteiger partial charge in [-0.3, -0.25) is 4.57 Å². The summed E-state index contributed by atoms with van der Waals surface area (Å²) in [6, 6.07) is 35.3. The molecule has 0 atom stereocenters. The van der Waals surface area contributed by atoms with E-state index in [-0.39, 0.29) is 0 Å². The topological polar surface area (TPSA) is 30.7 Å². The van der Waals surface area contributed by atoms with Gasteiger partial charge in [0.25, 0.3) is 0 Å². The van der Waals surface area contributed by atoms with E-state index in [4.69, 9.17) is 9.97 Å². The molecule has 0 saturated carbocycles. The van der Waals surface area contributed by atoms with Gasteiger partial charge in [0.05, 0.1) is 16.7 Å². The normalized spacial score (nSPS) is 11.3. The molecular formula is C28H17Br2N3. The number of nitrogens with zero attached hydrogens (tertiary/aromatic N) is 3. The zero-order valence-corrected chi connectivity index (χ0v) is 20.6. The fraction of sp³-hybridized carbons (Fsp3) is 0. The van der Waals surface area contributed by atoms with E-state index in [0.29, 0.717) is 5.82 Å². The van der Waals surface area contributed by atoms with Crippen molar-refractivity contribution >= 4 is 53.7 Å². The molecule has 0 unspecified atom stereocenters. The highest BCUT2D eigenvalue weighted by molar-refractivity contribution is 9.11. The molecule has 6 aromatic rings. The maximum atomic E-state index is 5.05. The first-order valence-corrected chi connectivity index (χ1v) is 12.2. The highest BCUT2D eigenvalue weighted by Gasteiger charge is 2.16. The second kappa shape index (κ2) is 8.25. The van der Waals surface area contributed by atoms with Gasteiger partial charge in [0.2, 0.25) is 0 Å². The highest BCUT2D eigenvalue weighted by atomic mass is 79.9. The van der Waals surface area contributed by atoms with Crippen LogP contribution in [0.4, 0.5) is 0 Å². The molecule has 2 aromatic heterocycles. The maximum Gasteiger partial charge on any atom is 0.162 e. The molecule has 4 aromatic carbocycles. The molecule has 0 radical (unpaired) electrons. The van der Waals surface area contributed by atoms with Crippen LogP contribution in [-0.4, -0.2) is 14.5 Å². The van der Waals surface area contributed by atoms with E-state index in [2.05, 4.69) is 103 Å². The van der Waals surface area contributed by atoms with Crippen LogP contribution in [0.3, 0.4) is 0 Å². The Morgan fingerprint density at radius 3 is 1.76 bits per heavy atom. The lowest BCUT2D eigenvalue weighted by atomic mass is 10.1. The van der Waals surface area contributed by atoms with Crippen LogP contribution < -0.4 is 0 Å². The standard InChI is InChI=1S/C28H17Br2N3/c29-20-14-19(15-21(30)16-20)24-17-27(32-28(31-24)18-8-2-1-3-9-18)33-25-12-6-4-10-22(25)23-11-5-7-13-26(23)33/h1-17H. The van der Waals surface area contributed by atoms with Crippen LogP contribution in [0.1, 0.15) is 0 Å². The average Bonchev–Trinajstić information content (AvgIpc) is 3.18. The SMILES string of the molecule is Brc1cc(Br)cc(-c2cc(-n3c4ccccc4c4ccccc43)nc(-c3ccccc3)n2)c1. The summed E-state index contributed by atoms with van der Waals surface area (Å²) in [4.78, 5) is 10.0. The molecule has 33 heavy (non-hydrogen) atoms. The Kier molecular flexibility index (Phi) is 5.08. The molecule has 0 amide bonds. The van der Waals surface area contributed by atoms with Gasteiger partial charge in [-0.2, -0.15) is 0 Å². The maximum absolute atomic E-state index is 5.05. The van der Waals surface area contributed by atoms with Crippen LogP contribution in [0.25, 0.3) is 50.3 Å². The van der Waals surface area contributed by atoms with Crippen molar-refractivity contribution in [3.63, 3.8) is 0 Å². The Balaban J connectivity index is 1.69. The summed E-state index contributed by atoms with van der Waals surface area (Å²) in [7, 11) is 0. The van der Waals surface area contributed by atoms with Gasteiger partial charge in [0, 0.05) is 36.9 Å². The second-order valence-corrected chi connectivity index (χ2v) is 9.66. The largest absolute Gasteiger partial charge is 0.294 e. The van der Waals surface area contributed by atoms with Crippen LogP contribution in [0.15, 0.2) is 112 Å². The van der Waals surface area contributed by atoms with Crippen molar-refractivity contribution < 1.29 is 0 Å². The number of hydrogen-bond donors (Lipinski definition) is 0. The lowest BCUT2D eigenvalue weighted by molar-refractivity contribution is 1.05. The summed E-state index contributed by atoms with van der Waals surface area (Å²) in [5.41, 5.74) is 5.10. The molecule has 0 bridgehead atoms.